The van der Waals surface area contributed by atoms with E-state index < -0.39 is 0 Å². The van der Waals surface area contributed by atoms with Gasteiger partial charge in [0.05, 0.1) is 18.3 Å². The van der Waals surface area contributed by atoms with E-state index in [9.17, 15) is 9.59 Å². The predicted molar refractivity (Wildman–Crippen MR) is 112 cm³/mol. The molecule has 0 aliphatic rings. The third kappa shape index (κ3) is 3.70. The topological polar surface area (TPSA) is 97.0 Å². The van der Waals surface area contributed by atoms with Gasteiger partial charge in [0.15, 0.2) is 11.6 Å². The molecule has 0 saturated heterocycles. The number of H-pyrrole nitrogens is 1. The molecular weight excluding hydrogens is 368 g/mol. The van der Waals surface area contributed by atoms with E-state index in [1.807, 2.05) is 36.4 Å². The molecule has 7 heteroatoms. The molecule has 4 aromatic rings. The number of ether oxygens (including phenoxy) is 1. The number of rotatable bonds is 5. The van der Waals surface area contributed by atoms with Crippen LogP contribution in [0.25, 0.3) is 22.3 Å². The van der Waals surface area contributed by atoms with Crippen LogP contribution in [0.2, 0.25) is 0 Å². The van der Waals surface area contributed by atoms with E-state index in [0.29, 0.717) is 39.7 Å². The van der Waals surface area contributed by atoms with Crippen molar-refractivity contribution >= 4 is 28.2 Å². The fourth-order valence-electron chi connectivity index (χ4n) is 3.04. The highest BCUT2D eigenvalue weighted by molar-refractivity contribution is 6.01. The summed E-state index contributed by atoms with van der Waals surface area (Å²) in [6.45, 7) is 1.52. The molecule has 2 heterocycles. The highest BCUT2D eigenvalue weighted by Crippen LogP contribution is 2.30. The van der Waals surface area contributed by atoms with E-state index in [0.717, 1.165) is 5.39 Å². The lowest BCUT2D eigenvalue weighted by Crippen LogP contribution is -2.05. The number of aromatic amines is 1. The summed E-state index contributed by atoms with van der Waals surface area (Å²) in [5, 5.41) is 4.02. The minimum Gasteiger partial charge on any atom is -0.497 e. The van der Waals surface area contributed by atoms with Crippen LogP contribution in [0, 0.1) is 0 Å². The molecule has 144 valence electrons. The highest BCUT2D eigenvalue weighted by Gasteiger charge is 2.13. The Morgan fingerprint density at radius 1 is 1.07 bits per heavy atom. The molecule has 2 N–H and O–H groups in total. The lowest BCUT2D eigenvalue weighted by atomic mass is 10.1. The van der Waals surface area contributed by atoms with Crippen molar-refractivity contribution in [2.75, 3.05) is 12.4 Å². The van der Waals surface area contributed by atoms with Crippen molar-refractivity contribution in [2.45, 2.75) is 6.92 Å². The second kappa shape index (κ2) is 7.55. The Bertz CT molecular complexity index is 1260. The molecule has 0 fully saturated rings. The zero-order chi connectivity index (χ0) is 20.4. The number of ketones is 1. The zero-order valence-electron chi connectivity index (χ0n) is 15.9. The Hall–Kier alpha value is -4.00. The smallest absolute Gasteiger partial charge is 0.247 e. The van der Waals surface area contributed by atoms with Gasteiger partial charge in [-0.05, 0) is 43.3 Å². The van der Waals surface area contributed by atoms with Crippen LogP contribution in [0.3, 0.4) is 0 Å². The van der Waals surface area contributed by atoms with Gasteiger partial charge in [-0.15, -0.1) is 0 Å². The lowest BCUT2D eigenvalue weighted by molar-refractivity contribution is 0.101. The van der Waals surface area contributed by atoms with Gasteiger partial charge in [-0.25, -0.2) is 9.97 Å². The Labute approximate surface area is 166 Å². The minimum absolute atomic E-state index is 0.0510. The molecule has 0 radical (unpaired) electrons. The normalized spacial score (nSPS) is 10.7. The number of Topliss-reactive ketones (excluding diaryl/α,β-unsaturated/α-hetero) is 1. The van der Waals surface area contributed by atoms with Crippen molar-refractivity contribution in [1.29, 1.82) is 0 Å². The summed E-state index contributed by atoms with van der Waals surface area (Å²) in [4.78, 5) is 35.3. The molecule has 7 nitrogen and oxygen atoms in total. The van der Waals surface area contributed by atoms with Gasteiger partial charge in [0.1, 0.15) is 11.6 Å². The summed E-state index contributed by atoms with van der Waals surface area (Å²) in [6.07, 6.45) is 1.57. The lowest BCUT2D eigenvalue weighted by Gasteiger charge is -2.14. The summed E-state index contributed by atoms with van der Waals surface area (Å²) in [5.41, 5.74) is 2.38. The molecule has 0 amide bonds. The third-order valence-electron chi connectivity index (χ3n) is 4.50. The molecule has 29 heavy (non-hydrogen) atoms. The van der Waals surface area contributed by atoms with Gasteiger partial charge in [-0.1, -0.05) is 12.1 Å². The number of fused-ring (bicyclic) bond motifs is 1. The fraction of sp³-hybridized carbons (Fsp3) is 0.0909. The van der Waals surface area contributed by atoms with Gasteiger partial charge in [0, 0.05) is 28.8 Å². The number of nitrogens with one attached hydrogen (secondary N) is 2. The van der Waals surface area contributed by atoms with Crippen LogP contribution in [-0.2, 0) is 0 Å². The largest absolute Gasteiger partial charge is 0.497 e. The van der Waals surface area contributed by atoms with Gasteiger partial charge >= 0.3 is 0 Å². The van der Waals surface area contributed by atoms with Crippen molar-refractivity contribution in [2.24, 2.45) is 0 Å². The summed E-state index contributed by atoms with van der Waals surface area (Å²) in [6, 6.07) is 15.8. The first-order valence-electron chi connectivity index (χ1n) is 8.97. The molecule has 2 aromatic heterocycles. The summed E-state index contributed by atoms with van der Waals surface area (Å²) < 4.78 is 5.34. The summed E-state index contributed by atoms with van der Waals surface area (Å²) in [7, 11) is 1.59. The van der Waals surface area contributed by atoms with Crippen LogP contribution < -0.4 is 15.6 Å². The number of hydrogen-bond donors (Lipinski definition) is 2. The molecule has 0 aliphatic carbocycles. The second-order valence-corrected chi connectivity index (χ2v) is 6.45. The number of pyridine rings is 1. The number of methoxy groups -OCH3 is 1. The first kappa shape index (κ1) is 18.4. The maximum Gasteiger partial charge on any atom is 0.247 e. The minimum atomic E-state index is -0.201. The first-order valence-corrected chi connectivity index (χ1v) is 8.97. The summed E-state index contributed by atoms with van der Waals surface area (Å²) >= 11 is 0. The van der Waals surface area contributed by atoms with Crippen LogP contribution in [0.5, 0.6) is 5.75 Å². The molecule has 4 rings (SSSR count). The quantitative estimate of drug-likeness (QED) is 0.504. The average Bonchev–Trinajstić information content (AvgIpc) is 2.74. The van der Waals surface area contributed by atoms with Gasteiger partial charge in [0.25, 0.3) is 0 Å². The van der Waals surface area contributed by atoms with Crippen LogP contribution in [-0.4, -0.2) is 27.8 Å². The van der Waals surface area contributed by atoms with E-state index in [1.165, 1.54) is 13.0 Å². The van der Waals surface area contributed by atoms with Gasteiger partial charge in [-0.2, -0.15) is 0 Å². The van der Waals surface area contributed by atoms with Crippen molar-refractivity contribution in [1.82, 2.24) is 15.0 Å². The highest BCUT2D eigenvalue weighted by atomic mass is 16.5. The Morgan fingerprint density at radius 3 is 2.62 bits per heavy atom. The van der Waals surface area contributed by atoms with E-state index in [4.69, 9.17) is 4.74 Å². The van der Waals surface area contributed by atoms with Crippen molar-refractivity contribution in [3.05, 3.63) is 76.7 Å². The van der Waals surface area contributed by atoms with Crippen molar-refractivity contribution in [3.63, 3.8) is 0 Å². The monoisotopic (exact) mass is 386 g/mol. The van der Waals surface area contributed by atoms with Crippen LogP contribution in [0.15, 0.2) is 65.6 Å². The number of para-hydroxylation sites is 1. The summed E-state index contributed by atoms with van der Waals surface area (Å²) in [5.74, 6) is 1.59. The standard InChI is InChI=1S/C22H18N4O3/c1-13(27)16-5-3-4-6-18(16)25-22-17-11-15(29-2)8-9-19(17)24-21(26-22)14-7-10-20(28)23-12-14/h3-12H,1-2H3,(H,23,28)(H,24,25,26). The van der Waals surface area contributed by atoms with Gasteiger partial charge in [0.2, 0.25) is 5.56 Å². The first-order chi connectivity index (χ1) is 14.0. The number of nitrogens with zero attached hydrogens (tertiary/aromatic N) is 2. The number of aromatic nitrogens is 3. The Balaban J connectivity index is 1.91. The van der Waals surface area contributed by atoms with Crippen LogP contribution in [0.1, 0.15) is 17.3 Å². The third-order valence-corrected chi connectivity index (χ3v) is 4.50. The van der Waals surface area contributed by atoms with Crippen LogP contribution >= 0.6 is 0 Å². The average molecular weight is 386 g/mol. The van der Waals surface area contributed by atoms with Crippen LogP contribution in [0.4, 0.5) is 11.5 Å². The molecule has 2 aromatic carbocycles. The number of anilines is 2. The molecule has 0 saturated carbocycles. The van der Waals surface area contributed by atoms with E-state index >= 15 is 0 Å². The number of hydrogen-bond acceptors (Lipinski definition) is 6. The van der Waals surface area contributed by atoms with Gasteiger partial charge in [-0.3, -0.25) is 9.59 Å². The van der Waals surface area contributed by atoms with Crippen molar-refractivity contribution in [3.8, 4) is 17.1 Å². The fourth-order valence-corrected chi connectivity index (χ4v) is 3.04. The number of carbonyl (C=O) groups excluding carboxylic acids is 1. The molecule has 0 bridgehead atoms. The second-order valence-electron chi connectivity index (χ2n) is 6.45. The van der Waals surface area contributed by atoms with E-state index in [-0.39, 0.29) is 11.3 Å². The molecule has 0 atom stereocenters. The van der Waals surface area contributed by atoms with Crippen molar-refractivity contribution < 1.29 is 9.53 Å². The molecule has 0 spiro atoms. The number of benzene rings is 2. The maximum atomic E-state index is 12.0. The Kier molecular flexibility index (Phi) is 4.78. The predicted octanol–water partition coefficient (Wildman–Crippen LogP) is 3.94. The molecule has 0 aliphatic heterocycles. The van der Waals surface area contributed by atoms with E-state index in [2.05, 4.69) is 20.3 Å². The zero-order valence-corrected chi connectivity index (χ0v) is 15.9. The maximum absolute atomic E-state index is 12.0. The van der Waals surface area contributed by atoms with E-state index in [1.54, 1.807) is 25.4 Å². The van der Waals surface area contributed by atoms with Gasteiger partial charge < -0.3 is 15.0 Å². The number of carbonyl (C=O) groups is 1. The molecular formula is C22H18N4O3. The SMILES string of the molecule is COc1ccc2nc(-c3ccc(=O)[nH]c3)nc(Nc3ccccc3C(C)=O)c2c1. The Morgan fingerprint density at radius 2 is 1.90 bits per heavy atom. The molecule has 0 unspecified atom stereocenters.